The van der Waals surface area contributed by atoms with Crippen LogP contribution in [0.5, 0.6) is 0 Å². The number of amides is 1. The average Bonchev–Trinajstić information content (AvgIpc) is 2.01. The largest absolute Gasteiger partial charge is 0.355 e. The molecule has 0 atom stereocenters. The fraction of sp³-hybridized carbons (Fsp3) is 0.900. The summed E-state index contributed by atoms with van der Waals surface area (Å²) in [6.07, 6.45) is 2.49. The molecule has 0 aromatic carbocycles. The maximum Gasteiger partial charge on any atom is 0.216 e. The SMILES string of the molecule is CC(=O)NCCNCCCC(C)C. The second-order valence-electron chi connectivity index (χ2n) is 3.77. The summed E-state index contributed by atoms with van der Waals surface area (Å²) in [5, 5.41) is 6.03. The first-order valence-electron chi connectivity index (χ1n) is 5.08. The molecule has 1 amide bonds. The smallest absolute Gasteiger partial charge is 0.216 e. The van der Waals surface area contributed by atoms with Gasteiger partial charge in [-0.05, 0) is 25.3 Å². The average molecular weight is 186 g/mol. The summed E-state index contributed by atoms with van der Waals surface area (Å²) >= 11 is 0. The van der Waals surface area contributed by atoms with Gasteiger partial charge in [0.05, 0.1) is 0 Å². The van der Waals surface area contributed by atoms with Gasteiger partial charge >= 0.3 is 0 Å². The van der Waals surface area contributed by atoms with Crippen molar-refractivity contribution in [3.8, 4) is 0 Å². The van der Waals surface area contributed by atoms with Crippen LogP contribution in [-0.4, -0.2) is 25.5 Å². The summed E-state index contributed by atoms with van der Waals surface area (Å²) in [5.41, 5.74) is 0. The van der Waals surface area contributed by atoms with Gasteiger partial charge < -0.3 is 10.6 Å². The third-order valence-corrected chi connectivity index (χ3v) is 1.81. The molecule has 0 spiro atoms. The van der Waals surface area contributed by atoms with E-state index in [0.717, 1.165) is 25.6 Å². The van der Waals surface area contributed by atoms with Crippen molar-refractivity contribution in [3.05, 3.63) is 0 Å². The topological polar surface area (TPSA) is 41.1 Å². The van der Waals surface area contributed by atoms with Gasteiger partial charge in [-0.1, -0.05) is 13.8 Å². The normalized spacial score (nSPS) is 10.5. The van der Waals surface area contributed by atoms with Crippen LogP contribution in [-0.2, 0) is 4.79 Å². The van der Waals surface area contributed by atoms with Crippen LogP contribution in [0.15, 0.2) is 0 Å². The van der Waals surface area contributed by atoms with Gasteiger partial charge in [0.1, 0.15) is 0 Å². The van der Waals surface area contributed by atoms with E-state index in [1.807, 2.05) is 0 Å². The van der Waals surface area contributed by atoms with Crippen molar-refractivity contribution in [2.75, 3.05) is 19.6 Å². The highest BCUT2D eigenvalue weighted by Crippen LogP contribution is 2.01. The molecule has 2 N–H and O–H groups in total. The van der Waals surface area contributed by atoms with Crippen LogP contribution in [0.3, 0.4) is 0 Å². The molecule has 0 unspecified atom stereocenters. The Morgan fingerprint density at radius 3 is 2.46 bits per heavy atom. The molecule has 0 saturated heterocycles. The molecule has 13 heavy (non-hydrogen) atoms. The van der Waals surface area contributed by atoms with E-state index in [4.69, 9.17) is 0 Å². The number of rotatable bonds is 7. The zero-order valence-electron chi connectivity index (χ0n) is 9.02. The first-order valence-corrected chi connectivity index (χ1v) is 5.08. The summed E-state index contributed by atoms with van der Waals surface area (Å²) in [6.45, 7) is 8.67. The number of carbonyl (C=O) groups is 1. The Bertz CT molecular complexity index is 135. The van der Waals surface area contributed by atoms with Crippen molar-refractivity contribution in [1.29, 1.82) is 0 Å². The maximum atomic E-state index is 10.5. The molecule has 0 aliphatic heterocycles. The summed E-state index contributed by atoms with van der Waals surface area (Å²) in [7, 11) is 0. The first kappa shape index (κ1) is 12.4. The van der Waals surface area contributed by atoms with Crippen LogP contribution in [0.2, 0.25) is 0 Å². The zero-order chi connectivity index (χ0) is 10.1. The van der Waals surface area contributed by atoms with Gasteiger partial charge in [-0.25, -0.2) is 0 Å². The number of nitrogens with one attached hydrogen (secondary N) is 2. The molecular formula is C10H22N2O. The molecule has 0 heterocycles. The molecule has 78 valence electrons. The molecule has 0 aromatic rings. The molecule has 0 aliphatic rings. The predicted octanol–water partition coefficient (Wildman–Crippen LogP) is 1.15. The third kappa shape index (κ3) is 11.4. The van der Waals surface area contributed by atoms with E-state index in [9.17, 15) is 4.79 Å². The highest BCUT2D eigenvalue weighted by Gasteiger charge is 1.93. The molecule has 0 saturated carbocycles. The Balaban J connectivity index is 2.96. The molecule has 0 rings (SSSR count). The molecule has 3 heteroatoms. The number of carbonyl (C=O) groups excluding carboxylic acids is 1. The fourth-order valence-corrected chi connectivity index (χ4v) is 1.09. The van der Waals surface area contributed by atoms with Gasteiger partial charge in [-0.3, -0.25) is 4.79 Å². The highest BCUT2D eigenvalue weighted by molar-refractivity contribution is 5.72. The van der Waals surface area contributed by atoms with Gasteiger partial charge in [0.25, 0.3) is 0 Å². The van der Waals surface area contributed by atoms with Gasteiger partial charge in [-0.15, -0.1) is 0 Å². The van der Waals surface area contributed by atoms with Gasteiger partial charge in [0.15, 0.2) is 0 Å². The number of hydrogen-bond donors (Lipinski definition) is 2. The van der Waals surface area contributed by atoms with Crippen LogP contribution < -0.4 is 10.6 Å². The van der Waals surface area contributed by atoms with E-state index in [1.165, 1.54) is 12.8 Å². The van der Waals surface area contributed by atoms with Crippen molar-refractivity contribution in [2.24, 2.45) is 5.92 Å². The van der Waals surface area contributed by atoms with E-state index in [2.05, 4.69) is 24.5 Å². The molecule has 0 bridgehead atoms. The lowest BCUT2D eigenvalue weighted by Crippen LogP contribution is -2.30. The van der Waals surface area contributed by atoms with Crippen LogP contribution in [0.25, 0.3) is 0 Å². The Morgan fingerprint density at radius 2 is 1.92 bits per heavy atom. The van der Waals surface area contributed by atoms with Crippen molar-refractivity contribution in [2.45, 2.75) is 33.6 Å². The molecule has 0 aromatic heterocycles. The second-order valence-corrected chi connectivity index (χ2v) is 3.77. The van der Waals surface area contributed by atoms with E-state index < -0.39 is 0 Å². The second kappa shape index (κ2) is 8.05. The molecule has 0 fully saturated rings. The lowest BCUT2D eigenvalue weighted by atomic mass is 10.1. The van der Waals surface area contributed by atoms with E-state index >= 15 is 0 Å². The molecule has 3 nitrogen and oxygen atoms in total. The minimum atomic E-state index is 0.0454. The van der Waals surface area contributed by atoms with Crippen LogP contribution in [0.1, 0.15) is 33.6 Å². The summed E-state index contributed by atoms with van der Waals surface area (Å²) in [5.74, 6) is 0.834. The summed E-state index contributed by atoms with van der Waals surface area (Å²) < 4.78 is 0. The van der Waals surface area contributed by atoms with Crippen LogP contribution in [0, 0.1) is 5.92 Å². The van der Waals surface area contributed by atoms with Gasteiger partial charge in [0, 0.05) is 20.0 Å². The minimum absolute atomic E-state index is 0.0454. The molecule has 0 aliphatic carbocycles. The predicted molar refractivity (Wildman–Crippen MR) is 55.6 cm³/mol. The maximum absolute atomic E-state index is 10.5. The summed E-state index contributed by atoms with van der Waals surface area (Å²) in [4.78, 5) is 10.5. The monoisotopic (exact) mass is 186 g/mol. The first-order chi connectivity index (χ1) is 6.13. The van der Waals surface area contributed by atoms with Gasteiger partial charge in [0.2, 0.25) is 5.91 Å². The van der Waals surface area contributed by atoms with Crippen molar-refractivity contribution in [3.63, 3.8) is 0 Å². The highest BCUT2D eigenvalue weighted by atomic mass is 16.1. The van der Waals surface area contributed by atoms with Crippen LogP contribution in [0.4, 0.5) is 0 Å². The standard InChI is InChI=1S/C10H22N2O/c1-9(2)5-4-6-11-7-8-12-10(3)13/h9,11H,4-8H2,1-3H3,(H,12,13). The third-order valence-electron chi connectivity index (χ3n) is 1.81. The van der Waals surface area contributed by atoms with Gasteiger partial charge in [-0.2, -0.15) is 0 Å². The molecule has 0 radical (unpaired) electrons. The van der Waals surface area contributed by atoms with Crippen molar-refractivity contribution < 1.29 is 4.79 Å². The lowest BCUT2D eigenvalue weighted by Gasteiger charge is -2.06. The minimum Gasteiger partial charge on any atom is -0.355 e. The number of hydrogen-bond acceptors (Lipinski definition) is 2. The quantitative estimate of drug-likeness (QED) is 0.586. The van der Waals surface area contributed by atoms with E-state index in [-0.39, 0.29) is 5.91 Å². The van der Waals surface area contributed by atoms with E-state index in [0.29, 0.717) is 0 Å². The Kier molecular flexibility index (Phi) is 7.69. The zero-order valence-corrected chi connectivity index (χ0v) is 9.02. The van der Waals surface area contributed by atoms with E-state index in [1.54, 1.807) is 6.92 Å². The van der Waals surface area contributed by atoms with Crippen LogP contribution >= 0.6 is 0 Å². The molecular weight excluding hydrogens is 164 g/mol. The summed E-state index contributed by atoms with van der Waals surface area (Å²) in [6, 6.07) is 0. The Labute approximate surface area is 81.3 Å². The Hall–Kier alpha value is -0.570. The lowest BCUT2D eigenvalue weighted by molar-refractivity contribution is -0.118. The van der Waals surface area contributed by atoms with Crippen molar-refractivity contribution >= 4 is 5.91 Å². The fourth-order valence-electron chi connectivity index (χ4n) is 1.09. The Morgan fingerprint density at radius 1 is 1.23 bits per heavy atom. The van der Waals surface area contributed by atoms with Crippen molar-refractivity contribution in [1.82, 2.24) is 10.6 Å².